The van der Waals surface area contributed by atoms with E-state index in [2.05, 4.69) is 10.1 Å². The van der Waals surface area contributed by atoms with Crippen LogP contribution in [-0.4, -0.2) is 18.6 Å². The average Bonchev–Trinajstić information content (AvgIpc) is 2.33. The summed E-state index contributed by atoms with van der Waals surface area (Å²) in [5, 5.41) is 2.15. The lowest BCUT2D eigenvalue weighted by Gasteiger charge is -2.31. The molecule has 1 aromatic rings. The molecule has 17 heavy (non-hydrogen) atoms. The number of halogens is 2. The molecule has 1 heterocycles. The largest absolute Gasteiger partial charge is 0.443 e. The molecule has 5 heteroatoms. The number of carbonyl (C=O) groups is 1. The van der Waals surface area contributed by atoms with Gasteiger partial charge in [-0.2, -0.15) is 0 Å². The summed E-state index contributed by atoms with van der Waals surface area (Å²) in [6.45, 7) is 1.11. The summed E-state index contributed by atoms with van der Waals surface area (Å²) in [6, 6.07) is 5.49. The Morgan fingerprint density at radius 2 is 2.06 bits per heavy atom. The van der Waals surface area contributed by atoms with Crippen molar-refractivity contribution in [3.63, 3.8) is 0 Å². The second-order valence-electron chi connectivity index (χ2n) is 4.01. The fourth-order valence-corrected chi connectivity index (χ4v) is 1.78. The monoisotopic (exact) mass is 241 g/mol. The first-order valence-electron chi connectivity index (χ1n) is 5.43. The fourth-order valence-electron chi connectivity index (χ4n) is 1.78. The molecule has 92 valence electrons. The van der Waals surface area contributed by atoms with E-state index in [1.165, 1.54) is 0 Å². The molecule has 0 saturated carbocycles. The Balaban J connectivity index is 2.26. The van der Waals surface area contributed by atoms with Crippen LogP contribution in [0.4, 0.5) is 13.6 Å². The van der Waals surface area contributed by atoms with Crippen LogP contribution in [0, 0.1) is 0 Å². The van der Waals surface area contributed by atoms with E-state index in [0.29, 0.717) is 5.56 Å². The second kappa shape index (κ2) is 4.31. The summed E-state index contributed by atoms with van der Waals surface area (Å²) in [5.41, 5.74) is 1.46. The van der Waals surface area contributed by atoms with Crippen LogP contribution in [-0.2, 0) is 11.2 Å². The zero-order valence-corrected chi connectivity index (χ0v) is 9.37. The zero-order valence-electron chi connectivity index (χ0n) is 9.37. The molecule has 0 aromatic heterocycles. The van der Waals surface area contributed by atoms with Crippen LogP contribution in [0.3, 0.4) is 0 Å². The van der Waals surface area contributed by atoms with Crippen molar-refractivity contribution >= 4 is 6.09 Å². The molecule has 1 aromatic carbocycles. The topological polar surface area (TPSA) is 38.3 Å². The van der Waals surface area contributed by atoms with E-state index >= 15 is 0 Å². The first kappa shape index (κ1) is 11.8. The molecule has 0 aliphatic carbocycles. The van der Waals surface area contributed by atoms with Crippen LogP contribution in [0.25, 0.3) is 0 Å². The van der Waals surface area contributed by atoms with Gasteiger partial charge in [0.05, 0.1) is 0 Å². The van der Waals surface area contributed by atoms with Crippen molar-refractivity contribution in [2.45, 2.75) is 25.3 Å². The third-order valence-electron chi connectivity index (χ3n) is 2.80. The Bertz CT molecular complexity index is 417. The van der Waals surface area contributed by atoms with E-state index in [4.69, 9.17) is 0 Å². The smallest absolute Gasteiger partial charge is 0.408 e. The highest BCUT2D eigenvalue weighted by atomic mass is 19.3. The number of cyclic esters (lactones) is 1. The number of alkyl halides is 2. The lowest BCUT2D eigenvalue weighted by Crippen LogP contribution is -2.49. The first-order valence-corrected chi connectivity index (χ1v) is 5.43. The summed E-state index contributed by atoms with van der Waals surface area (Å²) < 4.78 is 31.4. The van der Waals surface area contributed by atoms with Crippen molar-refractivity contribution in [1.29, 1.82) is 0 Å². The molecule has 1 fully saturated rings. The summed E-state index contributed by atoms with van der Waals surface area (Å²) in [4.78, 5) is 11.0. The standard InChI is InChI=1S/C12H13F2NO2/c1-2-8-3-5-9(6-4-8)10-12(13,14)7-17-11(16)15-10/h3-6,10H,2,7H2,1H3,(H,15,16)/t10-/m1/s1. The number of rotatable bonds is 2. The van der Waals surface area contributed by atoms with E-state index < -0.39 is 24.7 Å². The highest BCUT2D eigenvalue weighted by molar-refractivity contribution is 5.69. The Morgan fingerprint density at radius 3 is 2.65 bits per heavy atom. The highest BCUT2D eigenvalue weighted by Gasteiger charge is 2.46. The number of hydrogen-bond donors (Lipinski definition) is 1. The summed E-state index contributed by atoms with van der Waals surface area (Å²) in [6.07, 6.45) is 0.0390. The van der Waals surface area contributed by atoms with Gasteiger partial charge in [0, 0.05) is 0 Å². The minimum atomic E-state index is -3.08. The number of amides is 1. The van der Waals surface area contributed by atoms with Gasteiger partial charge in [0.2, 0.25) is 0 Å². The lowest BCUT2D eigenvalue weighted by molar-refractivity contribution is -0.104. The van der Waals surface area contributed by atoms with Crippen LogP contribution in [0.1, 0.15) is 24.1 Å². The van der Waals surface area contributed by atoms with Gasteiger partial charge in [-0.1, -0.05) is 31.2 Å². The molecule has 1 amide bonds. The molecule has 1 saturated heterocycles. The summed E-state index contributed by atoms with van der Waals surface area (Å²) in [5.74, 6) is -3.08. The molecule has 1 N–H and O–H groups in total. The average molecular weight is 241 g/mol. The fraction of sp³-hybridized carbons (Fsp3) is 0.417. The van der Waals surface area contributed by atoms with Gasteiger partial charge in [0.25, 0.3) is 0 Å². The van der Waals surface area contributed by atoms with E-state index in [1.54, 1.807) is 24.3 Å². The Labute approximate surface area is 97.8 Å². The van der Waals surface area contributed by atoms with Gasteiger partial charge in [-0.3, -0.25) is 0 Å². The lowest BCUT2D eigenvalue weighted by atomic mass is 9.98. The van der Waals surface area contributed by atoms with Gasteiger partial charge in [-0.15, -0.1) is 0 Å². The van der Waals surface area contributed by atoms with Gasteiger partial charge >= 0.3 is 12.0 Å². The molecular formula is C12H13F2NO2. The number of nitrogens with one attached hydrogen (secondary N) is 1. The minimum absolute atomic E-state index is 0.392. The molecular weight excluding hydrogens is 228 g/mol. The van der Waals surface area contributed by atoms with E-state index in [0.717, 1.165) is 12.0 Å². The minimum Gasteiger partial charge on any atom is -0.443 e. The van der Waals surface area contributed by atoms with Crippen molar-refractivity contribution in [3.8, 4) is 0 Å². The molecule has 0 spiro atoms. The van der Waals surface area contributed by atoms with Gasteiger partial charge in [-0.25, -0.2) is 13.6 Å². The normalized spacial score (nSPS) is 22.8. The third-order valence-corrected chi connectivity index (χ3v) is 2.80. The highest BCUT2D eigenvalue weighted by Crippen LogP contribution is 2.34. The van der Waals surface area contributed by atoms with Crippen LogP contribution < -0.4 is 5.32 Å². The zero-order chi connectivity index (χ0) is 12.5. The SMILES string of the molecule is CCc1ccc([C@H]2NC(=O)OCC2(F)F)cc1. The molecule has 1 atom stereocenters. The second-order valence-corrected chi connectivity index (χ2v) is 4.01. The van der Waals surface area contributed by atoms with Crippen molar-refractivity contribution in [2.24, 2.45) is 0 Å². The molecule has 2 rings (SSSR count). The Kier molecular flexibility index (Phi) is 3.00. The number of carbonyl (C=O) groups excluding carboxylic acids is 1. The van der Waals surface area contributed by atoms with Crippen molar-refractivity contribution < 1.29 is 18.3 Å². The van der Waals surface area contributed by atoms with Gasteiger partial charge in [0.1, 0.15) is 6.04 Å². The quantitative estimate of drug-likeness (QED) is 0.864. The van der Waals surface area contributed by atoms with E-state index in [1.807, 2.05) is 6.92 Å². The number of aryl methyl sites for hydroxylation is 1. The van der Waals surface area contributed by atoms with Gasteiger partial charge in [-0.05, 0) is 17.5 Å². The predicted octanol–water partition coefficient (Wildman–Crippen LogP) is 2.67. The third kappa shape index (κ3) is 2.38. The van der Waals surface area contributed by atoms with Crippen LogP contribution in [0.2, 0.25) is 0 Å². The first-order chi connectivity index (χ1) is 8.03. The molecule has 1 aliphatic heterocycles. The van der Waals surface area contributed by atoms with Crippen LogP contribution in [0.15, 0.2) is 24.3 Å². The summed E-state index contributed by atoms with van der Waals surface area (Å²) >= 11 is 0. The molecule has 0 bridgehead atoms. The maximum absolute atomic E-state index is 13.6. The van der Waals surface area contributed by atoms with Gasteiger partial charge in [0.15, 0.2) is 6.61 Å². The van der Waals surface area contributed by atoms with E-state index in [-0.39, 0.29) is 0 Å². The Hall–Kier alpha value is -1.65. The Morgan fingerprint density at radius 1 is 1.41 bits per heavy atom. The maximum Gasteiger partial charge on any atom is 0.408 e. The molecule has 3 nitrogen and oxygen atoms in total. The van der Waals surface area contributed by atoms with Crippen molar-refractivity contribution in [1.82, 2.24) is 5.32 Å². The van der Waals surface area contributed by atoms with Crippen molar-refractivity contribution in [3.05, 3.63) is 35.4 Å². The van der Waals surface area contributed by atoms with Gasteiger partial charge < -0.3 is 10.1 Å². The number of ether oxygens (including phenoxy) is 1. The molecule has 0 unspecified atom stereocenters. The predicted molar refractivity (Wildman–Crippen MR) is 58.0 cm³/mol. The van der Waals surface area contributed by atoms with E-state index in [9.17, 15) is 13.6 Å². The number of alkyl carbamates (subject to hydrolysis) is 1. The van der Waals surface area contributed by atoms with Crippen molar-refractivity contribution in [2.75, 3.05) is 6.61 Å². The summed E-state index contributed by atoms with van der Waals surface area (Å²) in [7, 11) is 0. The number of benzene rings is 1. The molecule has 1 aliphatic rings. The number of hydrogen-bond acceptors (Lipinski definition) is 2. The van der Waals surface area contributed by atoms with Crippen LogP contribution in [0.5, 0.6) is 0 Å². The molecule has 0 radical (unpaired) electrons. The van der Waals surface area contributed by atoms with Crippen LogP contribution >= 0.6 is 0 Å². The maximum atomic E-state index is 13.6.